The van der Waals surface area contributed by atoms with Crippen molar-refractivity contribution in [2.75, 3.05) is 17.2 Å². The van der Waals surface area contributed by atoms with Crippen molar-refractivity contribution in [2.45, 2.75) is 37.5 Å². The number of nitrogens with one attached hydrogen (secondary N) is 2. The highest BCUT2D eigenvalue weighted by molar-refractivity contribution is 5.70. The normalized spacial score (nSPS) is 14.0. The largest absolute Gasteiger partial charge is 0.481 e. The first-order valence-electron chi connectivity index (χ1n) is 12.4. The van der Waals surface area contributed by atoms with E-state index in [-0.39, 0.29) is 11.8 Å². The Kier molecular flexibility index (Phi) is 6.94. The fraction of sp³-hybridized carbons (Fsp3) is 0.233. The summed E-state index contributed by atoms with van der Waals surface area (Å²) >= 11 is 0. The number of aromatic nitrogens is 2. The van der Waals surface area contributed by atoms with Crippen LogP contribution >= 0.6 is 0 Å². The number of carbonyl (C=O) groups is 1. The minimum Gasteiger partial charge on any atom is -0.481 e. The number of nitrogens with zero attached hydrogens (tertiary/aromatic N) is 2. The predicted octanol–water partition coefficient (Wildman–Crippen LogP) is 6.44. The molecule has 3 aromatic carbocycles. The monoisotopic (exact) mass is 478 g/mol. The van der Waals surface area contributed by atoms with Gasteiger partial charge >= 0.3 is 5.97 Å². The summed E-state index contributed by atoms with van der Waals surface area (Å²) in [6.07, 6.45) is 4.00. The molecule has 3 N–H and O–H groups in total. The molecule has 1 heterocycles. The van der Waals surface area contributed by atoms with Crippen LogP contribution in [-0.2, 0) is 16.6 Å². The van der Waals surface area contributed by atoms with E-state index < -0.39 is 5.97 Å². The molecule has 0 saturated heterocycles. The molecule has 0 spiro atoms. The Morgan fingerprint density at radius 1 is 0.889 bits per heavy atom. The number of aliphatic carboxylic acids is 1. The number of rotatable bonds is 10. The van der Waals surface area contributed by atoms with Crippen molar-refractivity contribution in [1.29, 1.82) is 0 Å². The summed E-state index contributed by atoms with van der Waals surface area (Å²) in [6.45, 7) is 0.759. The third-order valence-corrected chi connectivity index (χ3v) is 6.91. The molecular weight excluding hydrogens is 448 g/mol. The second-order valence-electron chi connectivity index (χ2n) is 9.40. The van der Waals surface area contributed by atoms with Gasteiger partial charge in [-0.2, -0.15) is 4.98 Å². The van der Waals surface area contributed by atoms with E-state index in [1.807, 2.05) is 66.7 Å². The molecular formula is C30H30N4O2. The fourth-order valence-corrected chi connectivity index (χ4v) is 4.83. The lowest BCUT2D eigenvalue weighted by molar-refractivity contribution is -0.139. The highest BCUT2D eigenvalue weighted by Gasteiger charge is 2.40. The van der Waals surface area contributed by atoms with Crippen LogP contribution < -0.4 is 10.6 Å². The van der Waals surface area contributed by atoms with Crippen LogP contribution in [-0.4, -0.2) is 27.6 Å². The summed E-state index contributed by atoms with van der Waals surface area (Å²) in [5, 5.41) is 16.1. The molecule has 1 fully saturated rings. The number of hydrogen-bond donors (Lipinski definition) is 3. The average Bonchev–Trinajstić information content (AvgIpc) is 2.88. The van der Waals surface area contributed by atoms with Gasteiger partial charge in [0.2, 0.25) is 5.95 Å². The molecule has 1 aliphatic rings. The molecule has 182 valence electrons. The Morgan fingerprint density at radius 3 is 2.22 bits per heavy atom. The van der Waals surface area contributed by atoms with E-state index in [0.717, 1.165) is 60.6 Å². The molecule has 0 unspecified atom stereocenters. The summed E-state index contributed by atoms with van der Waals surface area (Å²) < 4.78 is 0. The predicted molar refractivity (Wildman–Crippen MR) is 144 cm³/mol. The Hall–Kier alpha value is -4.19. The van der Waals surface area contributed by atoms with E-state index >= 15 is 0 Å². The van der Waals surface area contributed by atoms with E-state index in [1.165, 1.54) is 5.56 Å². The molecule has 4 aromatic rings. The lowest BCUT2D eigenvalue weighted by Gasteiger charge is -2.41. The van der Waals surface area contributed by atoms with Gasteiger partial charge in [0.15, 0.2) is 0 Å². The van der Waals surface area contributed by atoms with Crippen LogP contribution in [0.15, 0.2) is 91.0 Å². The molecule has 0 atom stereocenters. The van der Waals surface area contributed by atoms with Crippen molar-refractivity contribution < 1.29 is 9.90 Å². The first-order valence-corrected chi connectivity index (χ1v) is 12.4. The molecule has 1 aliphatic carbocycles. The molecule has 6 heteroatoms. The zero-order chi connectivity index (χ0) is 24.8. The summed E-state index contributed by atoms with van der Waals surface area (Å²) in [6, 6.07) is 30.4. The quantitative estimate of drug-likeness (QED) is 0.243. The van der Waals surface area contributed by atoms with Gasteiger partial charge in [-0.05, 0) is 42.5 Å². The summed E-state index contributed by atoms with van der Waals surface area (Å²) in [5.74, 6) is 0.527. The number of carboxylic acid groups (broad SMARTS) is 1. The fourth-order valence-electron chi connectivity index (χ4n) is 4.83. The molecule has 5 rings (SSSR count). The van der Waals surface area contributed by atoms with Crippen LogP contribution in [0.5, 0.6) is 0 Å². The second kappa shape index (κ2) is 10.6. The van der Waals surface area contributed by atoms with Crippen LogP contribution in [0.3, 0.4) is 0 Å². The molecule has 0 amide bonds. The molecule has 0 bridgehead atoms. The summed E-state index contributed by atoms with van der Waals surface area (Å²) in [5.41, 5.74) is 4.84. The van der Waals surface area contributed by atoms with Gasteiger partial charge in [0.25, 0.3) is 0 Å². The van der Waals surface area contributed by atoms with Crippen LogP contribution in [0.4, 0.5) is 17.5 Å². The van der Waals surface area contributed by atoms with Gasteiger partial charge in [-0.25, -0.2) is 4.98 Å². The maximum Gasteiger partial charge on any atom is 0.304 e. The standard InChI is InChI=1S/C30H30N4O2/c35-28(36)21-30(17-7-18-30)24-12-14-25(15-13-24)32-29-33-26(23-10-5-2-6-11-23)20-27(34-29)31-19-16-22-8-3-1-4-9-22/h1-6,8-15,20H,7,16-19,21H2,(H,35,36)(H2,31,32,33,34). The minimum atomic E-state index is -0.740. The molecule has 0 aliphatic heterocycles. The smallest absolute Gasteiger partial charge is 0.304 e. The lowest BCUT2D eigenvalue weighted by Crippen LogP contribution is -2.36. The Bertz CT molecular complexity index is 1300. The van der Waals surface area contributed by atoms with Gasteiger partial charge in [-0.3, -0.25) is 4.79 Å². The third-order valence-electron chi connectivity index (χ3n) is 6.91. The average molecular weight is 479 g/mol. The van der Waals surface area contributed by atoms with Gasteiger partial charge in [-0.1, -0.05) is 79.2 Å². The van der Waals surface area contributed by atoms with E-state index in [0.29, 0.717) is 5.95 Å². The van der Waals surface area contributed by atoms with Gasteiger partial charge in [0.1, 0.15) is 5.82 Å². The van der Waals surface area contributed by atoms with Crippen LogP contribution in [0.25, 0.3) is 11.3 Å². The first kappa shape index (κ1) is 23.5. The van der Waals surface area contributed by atoms with Crippen LogP contribution in [0.2, 0.25) is 0 Å². The van der Waals surface area contributed by atoms with Crippen molar-refractivity contribution in [3.05, 3.63) is 102 Å². The Labute approximate surface area is 211 Å². The van der Waals surface area contributed by atoms with E-state index in [4.69, 9.17) is 9.97 Å². The number of anilines is 3. The van der Waals surface area contributed by atoms with Crippen LogP contribution in [0, 0.1) is 0 Å². The molecule has 1 aromatic heterocycles. The van der Waals surface area contributed by atoms with E-state index in [1.54, 1.807) is 0 Å². The van der Waals surface area contributed by atoms with E-state index in [2.05, 4.69) is 34.9 Å². The number of benzene rings is 3. The Balaban J connectivity index is 1.35. The second-order valence-corrected chi connectivity index (χ2v) is 9.40. The molecule has 1 saturated carbocycles. The number of hydrogen-bond acceptors (Lipinski definition) is 5. The number of carboxylic acids is 1. The topological polar surface area (TPSA) is 87.1 Å². The highest BCUT2D eigenvalue weighted by Crippen LogP contribution is 2.46. The third kappa shape index (κ3) is 5.54. The summed E-state index contributed by atoms with van der Waals surface area (Å²) in [7, 11) is 0. The lowest BCUT2D eigenvalue weighted by atomic mass is 9.62. The van der Waals surface area contributed by atoms with Crippen molar-refractivity contribution >= 4 is 23.4 Å². The SMILES string of the molecule is O=C(O)CC1(c2ccc(Nc3nc(NCCc4ccccc4)cc(-c4ccccc4)n3)cc2)CCC1. The Morgan fingerprint density at radius 2 is 1.58 bits per heavy atom. The highest BCUT2D eigenvalue weighted by atomic mass is 16.4. The molecule has 0 radical (unpaired) electrons. The summed E-state index contributed by atoms with van der Waals surface area (Å²) in [4.78, 5) is 20.9. The maximum absolute atomic E-state index is 11.4. The van der Waals surface area contributed by atoms with Crippen molar-refractivity contribution in [2.24, 2.45) is 0 Å². The first-order chi connectivity index (χ1) is 17.6. The minimum absolute atomic E-state index is 0.181. The van der Waals surface area contributed by atoms with Gasteiger partial charge in [0, 0.05) is 29.3 Å². The van der Waals surface area contributed by atoms with Gasteiger partial charge in [0.05, 0.1) is 12.1 Å². The van der Waals surface area contributed by atoms with E-state index in [9.17, 15) is 9.90 Å². The van der Waals surface area contributed by atoms with Crippen LogP contribution in [0.1, 0.15) is 36.8 Å². The van der Waals surface area contributed by atoms with Crippen molar-refractivity contribution in [3.63, 3.8) is 0 Å². The van der Waals surface area contributed by atoms with Gasteiger partial charge < -0.3 is 15.7 Å². The maximum atomic E-state index is 11.4. The molecule has 6 nitrogen and oxygen atoms in total. The van der Waals surface area contributed by atoms with Gasteiger partial charge in [-0.15, -0.1) is 0 Å². The van der Waals surface area contributed by atoms with Crippen molar-refractivity contribution in [3.8, 4) is 11.3 Å². The zero-order valence-electron chi connectivity index (χ0n) is 20.2. The zero-order valence-corrected chi connectivity index (χ0v) is 20.2. The molecule has 36 heavy (non-hydrogen) atoms. The van der Waals surface area contributed by atoms with Crippen molar-refractivity contribution in [1.82, 2.24) is 9.97 Å².